The van der Waals surface area contributed by atoms with Crippen molar-refractivity contribution in [2.45, 2.75) is 38.5 Å². The Bertz CT molecular complexity index is 495. The van der Waals surface area contributed by atoms with Crippen LogP contribution in [0.3, 0.4) is 0 Å². The number of hydrogen-bond acceptors (Lipinski definition) is 4. The second-order valence-electron chi connectivity index (χ2n) is 5.47. The summed E-state index contributed by atoms with van der Waals surface area (Å²) in [5.74, 6) is 1.25. The summed E-state index contributed by atoms with van der Waals surface area (Å²) in [6.07, 6.45) is 6.61. The molecule has 0 aromatic heterocycles. The van der Waals surface area contributed by atoms with Crippen LogP contribution >= 0.6 is 0 Å². The molecule has 0 heterocycles. The molecule has 0 spiro atoms. The first-order valence-electron chi connectivity index (χ1n) is 7.48. The average Bonchev–Trinajstić information content (AvgIpc) is 2.78. The summed E-state index contributed by atoms with van der Waals surface area (Å²) < 4.78 is 10.4. The SMILES string of the molecule is COc1cc(N)c(NC(=O)C2CCCCCC2)cc1OC. The number of nitrogens with one attached hydrogen (secondary N) is 1. The summed E-state index contributed by atoms with van der Waals surface area (Å²) in [5, 5.41) is 2.93. The fraction of sp³-hybridized carbons (Fsp3) is 0.562. The number of rotatable bonds is 4. The number of methoxy groups -OCH3 is 2. The van der Waals surface area contributed by atoms with Gasteiger partial charge in [-0.3, -0.25) is 4.79 Å². The van der Waals surface area contributed by atoms with Crippen molar-refractivity contribution in [1.82, 2.24) is 0 Å². The molecule has 3 N–H and O–H groups in total. The van der Waals surface area contributed by atoms with Crippen LogP contribution in [0, 0.1) is 5.92 Å². The molecular formula is C16H24N2O3. The third kappa shape index (κ3) is 3.80. The molecule has 0 saturated heterocycles. The van der Waals surface area contributed by atoms with E-state index in [2.05, 4.69) is 5.32 Å². The van der Waals surface area contributed by atoms with Gasteiger partial charge in [-0.05, 0) is 12.8 Å². The van der Waals surface area contributed by atoms with Crippen LogP contribution in [0.1, 0.15) is 38.5 Å². The predicted molar refractivity (Wildman–Crippen MR) is 83.8 cm³/mol. The van der Waals surface area contributed by atoms with E-state index in [1.807, 2.05) is 0 Å². The fourth-order valence-electron chi connectivity index (χ4n) is 2.78. The molecule has 0 aliphatic heterocycles. The van der Waals surface area contributed by atoms with Crippen molar-refractivity contribution in [3.63, 3.8) is 0 Å². The molecule has 1 amide bonds. The Labute approximate surface area is 125 Å². The highest BCUT2D eigenvalue weighted by molar-refractivity contribution is 5.96. The maximum absolute atomic E-state index is 12.4. The molecule has 1 aromatic carbocycles. The molecule has 2 rings (SSSR count). The molecule has 0 unspecified atom stereocenters. The van der Waals surface area contributed by atoms with Gasteiger partial charge in [0.05, 0.1) is 25.6 Å². The van der Waals surface area contributed by atoms with Crippen LogP contribution in [-0.4, -0.2) is 20.1 Å². The number of hydrogen-bond donors (Lipinski definition) is 2. The summed E-state index contributed by atoms with van der Waals surface area (Å²) in [4.78, 5) is 12.4. The van der Waals surface area contributed by atoms with E-state index in [4.69, 9.17) is 15.2 Å². The van der Waals surface area contributed by atoms with Gasteiger partial charge >= 0.3 is 0 Å². The van der Waals surface area contributed by atoms with Crippen LogP contribution < -0.4 is 20.5 Å². The molecule has 1 fully saturated rings. The van der Waals surface area contributed by atoms with E-state index in [1.54, 1.807) is 26.4 Å². The Morgan fingerprint density at radius 2 is 1.67 bits per heavy atom. The first-order valence-corrected chi connectivity index (χ1v) is 7.48. The molecule has 5 nitrogen and oxygen atoms in total. The molecule has 1 saturated carbocycles. The lowest BCUT2D eigenvalue weighted by Crippen LogP contribution is -2.23. The van der Waals surface area contributed by atoms with Gasteiger partial charge in [0, 0.05) is 18.1 Å². The Balaban J connectivity index is 2.12. The van der Waals surface area contributed by atoms with E-state index >= 15 is 0 Å². The zero-order valence-corrected chi connectivity index (χ0v) is 12.8. The Morgan fingerprint density at radius 3 is 2.24 bits per heavy atom. The quantitative estimate of drug-likeness (QED) is 0.660. The number of carbonyl (C=O) groups excluding carboxylic acids is 1. The minimum absolute atomic E-state index is 0.0517. The Kier molecular flexibility index (Phi) is 5.31. The third-order valence-electron chi connectivity index (χ3n) is 4.04. The Hall–Kier alpha value is -1.91. The number of amides is 1. The van der Waals surface area contributed by atoms with Gasteiger partial charge in [0.25, 0.3) is 0 Å². The number of nitrogens with two attached hydrogens (primary N) is 1. The second kappa shape index (κ2) is 7.20. The standard InChI is InChI=1S/C16H24N2O3/c1-20-14-9-12(17)13(10-15(14)21-2)18-16(19)11-7-5-3-4-6-8-11/h9-11H,3-8,17H2,1-2H3,(H,18,19). The summed E-state index contributed by atoms with van der Waals surface area (Å²) in [6.45, 7) is 0. The van der Waals surface area contributed by atoms with E-state index in [9.17, 15) is 4.79 Å². The lowest BCUT2D eigenvalue weighted by Gasteiger charge is -2.17. The van der Waals surface area contributed by atoms with Gasteiger partial charge < -0.3 is 20.5 Å². The molecule has 0 radical (unpaired) electrons. The van der Waals surface area contributed by atoms with E-state index in [0.29, 0.717) is 22.9 Å². The zero-order chi connectivity index (χ0) is 15.2. The normalized spacial score (nSPS) is 16.1. The number of anilines is 2. The summed E-state index contributed by atoms with van der Waals surface area (Å²) in [6, 6.07) is 3.38. The van der Waals surface area contributed by atoms with Crippen molar-refractivity contribution in [3.8, 4) is 11.5 Å². The zero-order valence-electron chi connectivity index (χ0n) is 12.8. The van der Waals surface area contributed by atoms with Crippen molar-refractivity contribution in [3.05, 3.63) is 12.1 Å². The van der Waals surface area contributed by atoms with Crippen molar-refractivity contribution < 1.29 is 14.3 Å². The molecule has 1 aliphatic rings. The van der Waals surface area contributed by atoms with Gasteiger partial charge in [-0.25, -0.2) is 0 Å². The number of carbonyl (C=O) groups is 1. The highest BCUT2D eigenvalue weighted by atomic mass is 16.5. The van der Waals surface area contributed by atoms with E-state index < -0.39 is 0 Å². The molecule has 0 atom stereocenters. The monoisotopic (exact) mass is 292 g/mol. The lowest BCUT2D eigenvalue weighted by atomic mass is 9.99. The summed E-state index contributed by atoms with van der Waals surface area (Å²) in [5.41, 5.74) is 7.05. The Morgan fingerprint density at radius 1 is 1.10 bits per heavy atom. The fourth-order valence-corrected chi connectivity index (χ4v) is 2.78. The third-order valence-corrected chi connectivity index (χ3v) is 4.04. The molecular weight excluding hydrogens is 268 g/mol. The minimum atomic E-state index is 0.0517. The van der Waals surface area contributed by atoms with Crippen molar-refractivity contribution in [2.75, 3.05) is 25.3 Å². The van der Waals surface area contributed by atoms with Crippen LogP contribution in [0.15, 0.2) is 12.1 Å². The van der Waals surface area contributed by atoms with Crippen LogP contribution in [0.5, 0.6) is 11.5 Å². The second-order valence-corrected chi connectivity index (χ2v) is 5.47. The maximum Gasteiger partial charge on any atom is 0.227 e. The topological polar surface area (TPSA) is 73.6 Å². The van der Waals surface area contributed by atoms with Gasteiger partial charge in [-0.15, -0.1) is 0 Å². The first-order chi connectivity index (χ1) is 10.2. The smallest absolute Gasteiger partial charge is 0.227 e. The van der Waals surface area contributed by atoms with Crippen molar-refractivity contribution >= 4 is 17.3 Å². The van der Waals surface area contributed by atoms with Gasteiger partial charge in [0.2, 0.25) is 5.91 Å². The number of nitrogen functional groups attached to an aromatic ring is 1. The largest absolute Gasteiger partial charge is 0.493 e. The van der Waals surface area contributed by atoms with Gasteiger partial charge in [-0.2, -0.15) is 0 Å². The molecule has 1 aliphatic carbocycles. The number of benzene rings is 1. The molecule has 1 aromatic rings. The number of ether oxygens (including phenoxy) is 2. The van der Waals surface area contributed by atoms with Gasteiger partial charge in [-0.1, -0.05) is 25.7 Å². The van der Waals surface area contributed by atoms with Gasteiger partial charge in [0.1, 0.15) is 0 Å². The minimum Gasteiger partial charge on any atom is -0.493 e. The van der Waals surface area contributed by atoms with Crippen LogP contribution in [0.2, 0.25) is 0 Å². The van der Waals surface area contributed by atoms with Crippen molar-refractivity contribution in [2.24, 2.45) is 5.92 Å². The average molecular weight is 292 g/mol. The van der Waals surface area contributed by atoms with Crippen LogP contribution in [0.4, 0.5) is 11.4 Å². The van der Waals surface area contributed by atoms with E-state index in [0.717, 1.165) is 25.7 Å². The maximum atomic E-state index is 12.4. The van der Waals surface area contributed by atoms with Crippen LogP contribution in [-0.2, 0) is 4.79 Å². The highest BCUT2D eigenvalue weighted by Gasteiger charge is 2.21. The van der Waals surface area contributed by atoms with Crippen LogP contribution in [0.25, 0.3) is 0 Å². The first kappa shape index (κ1) is 15.5. The molecule has 116 valence electrons. The lowest BCUT2D eigenvalue weighted by molar-refractivity contribution is -0.120. The molecule has 0 bridgehead atoms. The summed E-state index contributed by atoms with van der Waals surface area (Å²) in [7, 11) is 3.12. The predicted octanol–water partition coefficient (Wildman–Crippen LogP) is 3.19. The molecule has 21 heavy (non-hydrogen) atoms. The van der Waals surface area contributed by atoms with E-state index in [1.165, 1.54) is 12.8 Å². The van der Waals surface area contributed by atoms with E-state index in [-0.39, 0.29) is 11.8 Å². The highest BCUT2D eigenvalue weighted by Crippen LogP contribution is 2.35. The molecule has 5 heteroatoms. The van der Waals surface area contributed by atoms with Crippen molar-refractivity contribution in [1.29, 1.82) is 0 Å². The summed E-state index contributed by atoms with van der Waals surface area (Å²) >= 11 is 0. The van der Waals surface area contributed by atoms with Gasteiger partial charge in [0.15, 0.2) is 11.5 Å².